The highest BCUT2D eigenvalue weighted by molar-refractivity contribution is 5.53. The number of aromatic amines is 1. The fourth-order valence-corrected chi connectivity index (χ4v) is 0.938. The van der Waals surface area contributed by atoms with Crippen LogP contribution in [0.15, 0.2) is 17.5 Å². The van der Waals surface area contributed by atoms with E-state index in [1.165, 1.54) is 12.4 Å². The molecule has 8 heteroatoms. The van der Waals surface area contributed by atoms with Gasteiger partial charge in [-0.1, -0.05) is 11.2 Å². The summed E-state index contributed by atoms with van der Waals surface area (Å²) >= 11 is 0. The third-order valence-electron chi connectivity index (χ3n) is 1.56. The number of imidazole rings is 1. The van der Waals surface area contributed by atoms with Crippen molar-refractivity contribution in [2.75, 3.05) is 6.54 Å². The molecule has 0 saturated carbocycles. The van der Waals surface area contributed by atoms with E-state index in [1.807, 2.05) is 0 Å². The Kier molecular flexibility index (Phi) is 3.87. The summed E-state index contributed by atoms with van der Waals surface area (Å²) in [6, 6.07) is 0. The smallest absolute Gasteiger partial charge is 0.347 e. The van der Waals surface area contributed by atoms with Gasteiger partial charge in [0, 0.05) is 11.5 Å². The molecule has 0 radical (unpaired) electrons. The number of nitro groups is 1. The van der Waals surface area contributed by atoms with Gasteiger partial charge in [-0.3, -0.25) is 0 Å². The molecule has 0 fully saturated rings. The van der Waals surface area contributed by atoms with E-state index < -0.39 is 4.92 Å². The lowest BCUT2D eigenvalue weighted by atomic mass is 10.3. The lowest BCUT2D eigenvalue weighted by molar-refractivity contribution is -0.389. The summed E-state index contributed by atoms with van der Waals surface area (Å²) in [5, 5.41) is 13.8. The van der Waals surface area contributed by atoms with Crippen molar-refractivity contribution in [3.05, 3.63) is 38.7 Å². The van der Waals surface area contributed by atoms with E-state index in [-0.39, 0.29) is 11.5 Å². The van der Waals surface area contributed by atoms with E-state index in [0.717, 1.165) is 0 Å². The van der Waals surface area contributed by atoms with Crippen molar-refractivity contribution in [2.24, 2.45) is 5.11 Å². The average Bonchev–Trinajstić information content (AvgIpc) is 2.66. The third-order valence-corrected chi connectivity index (χ3v) is 1.56. The zero-order chi connectivity index (χ0) is 11.1. The van der Waals surface area contributed by atoms with Crippen LogP contribution < -0.4 is 0 Å². The van der Waals surface area contributed by atoms with Crippen molar-refractivity contribution in [2.45, 2.75) is 6.42 Å². The van der Waals surface area contributed by atoms with Crippen LogP contribution in [0.3, 0.4) is 0 Å². The second-order valence-electron chi connectivity index (χ2n) is 2.54. The molecule has 1 rings (SSSR count). The Balaban J connectivity index is 2.60. The molecule has 15 heavy (non-hydrogen) atoms. The molecular weight excluding hydrogens is 200 g/mol. The molecule has 1 N–H and O–H groups in total. The molecule has 0 spiro atoms. The molecule has 1 aromatic heterocycles. The number of hydrogen-bond donors (Lipinski definition) is 1. The van der Waals surface area contributed by atoms with Crippen molar-refractivity contribution < 1.29 is 4.92 Å². The zero-order valence-electron chi connectivity index (χ0n) is 7.70. The average molecular weight is 208 g/mol. The molecule has 1 aromatic rings. The molecule has 0 aliphatic heterocycles. The summed E-state index contributed by atoms with van der Waals surface area (Å²) in [5.74, 6) is -0.143. The van der Waals surface area contributed by atoms with Gasteiger partial charge < -0.3 is 10.1 Å². The number of hydrogen-bond acceptors (Lipinski definition) is 4. The first-order valence-electron chi connectivity index (χ1n) is 4.11. The zero-order valence-corrected chi connectivity index (χ0v) is 7.70. The van der Waals surface area contributed by atoms with Crippen LogP contribution in [0.25, 0.3) is 16.5 Å². The Morgan fingerprint density at radius 1 is 1.80 bits per heavy atom. The highest BCUT2D eigenvalue weighted by atomic mass is 16.6. The number of aromatic nitrogens is 2. The van der Waals surface area contributed by atoms with Gasteiger partial charge in [-0.25, -0.2) is 9.97 Å². The molecule has 0 unspecified atom stereocenters. The van der Waals surface area contributed by atoms with Gasteiger partial charge in [0.2, 0.25) is 0 Å². The van der Waals surface area contributed by atoms with E-state index in [2.05, 4.69) is 20.0 Å². The Bertz CT molecular complexity index is 417. The predicted molar refractivity (Wildman–Crippen MR) is 52.9 cm³/mol. The van der Waals surface area contributed by atoms with E-state index >= 15 is 0 Å². The SMILES string of the molecule is [N-]=[N+]=NCCC=Cc1nc[nH]c1[N+](=O)[O-]. The minimum atomic E-state index is -0.542. The number of H-pyrrole nitrogens is 1. The summed E-state index contributed by atoms with van der Waals surface area (Å²) < 4.78 is 0. The van der Waals surface area contributed by atoms with Crippen LogP contribution in [0, 0.1) is 10.1 Å². The van der Waals surface area contributed by atoms with Crippen LogP contribution in [0.5, 0.6) is 0 Å². The minimum absolute atomic E-state index is 0.143. The maximum absolute atomic E-state index is 10.5. The summed E-state index contributed by atoms with van der Waals surface area (Å²) in [6.07, 6.45) is 4.96. The summed E-state index contributed by atoms with van der Waals surface area (Å²) in [6.45, 7) is 0.325. The molecular formula is C7H8N6O2. The Labute approximate surface area is 84.4 Å². The molecule has 0 bridgehead atoms. The van der Waals surface area contributed by atoms with Crippen LogP contribution in [-0.4, -0.2) is 21.4 Å². The van der Waals surface area contributed by atoms with Gasteiger partial charge in [-0.2, -0.15) is 0 Å². The quantitative estimate of drug-likeness (QED) is 0.199. The molecule has 1 heterocycles. The molecule has 0 aliphatic rings. The summed E-state index contributed by atoms with van der Waals surface area (Å²) in [5.41, 5.74) is 8.26. The van der Waals surface area contributed by atoms with Crippen molar-refractivity contribution in [1.29, 1.82) is 0 Å². The topological polar surface area (TPSA) is 121 Å². The van der Waals surface area contributed by atoms with Gasteiger partial charge in [0.1, 0.15) is 0 Å². The predicted octanol–water partition coefficient (Wildman–Crippen LogP) is 2.03. The van der Waals surface area contributed by atoms with Crippen molar-refractivity contribution in [3.63, 3.8) is 0 Å². The van der Waals surface area contributed by atoms with Crippen molar-refractivity contribution in [3.8, 4) is 0 Å². The van der Waals surface area contributed by atoms with Crippen LogP contribution in [-0.2, 0) is 0 Å². The number of nitrogens with one attached hydrogen (secondary N) is 1. The molecule has 8 nitrogen and oxygen atoms in total. The van der Waals surface area contributed by atoms with Crippen molar-refractivity contribution in [1.82, 2.24) is 9.97 Å². The monoisotopic (exact) mass is 208 g/mol. The lowest BCUT2D eigenvalue weighted by Crippen LogP contribution is -1.90. The second-order valence-corrected chi connectivity index (χ2v) is 2.54. The van der Waals surface area contributed by atoms with Gasteiger partial charge in [-0.15, -0.1) is 0 Å². The molecule has 0 atom stereocenters. The van der Waals surface area contributed by atoms with Crippen LogP contribution in [0.4, 0.5) is 5.82 Å². The molecule has 78 valence electrons. The number of nitrogens with zero attached hydrogens (tertiary/aromatic N) is 5. The maximum Gasteiger partial charge on any atom is 0.347 e. The van der Waals surface area contributed by atoms with Gasteiger partial charge in [0.15, 0.2) is 12.0 Å². The highest BCUT2D eigenvalue weighted by Gasteiger charge is 2.11. The molecule has 0 aromatic carbocycles. The van der Waals surface area contributed by atoms with Crippen LogP contribution >= 0.6 is 0 Å². The standard InChI is InChI=1S/C7H8N6O2/c8-12-11-4-2-1-3-6-7(13(14)15)10-5-9-6/h1,3,5H,2,4H2,(H,9,10). The van der Waals surface area contributed by atoms with E-state index in [4.69, 9.17) is 5.53 Å². The second kappa shape index (κ2) is 5.40. The fourth-order valence-electron chi connectivity index (χ4n) is 0.938. The first kappa shape index (κ1) is 10.7. The minimum Gasteiger partial charge on any atom is -0.358 e. The van der Waals surface area contributed by atoms with Gasteiger partial charge >= 0.3 is 5.82 Å². The third kappa shape index (κ3) is 3.12. The largest absolute Gasteiger partial charge is 0.358 e. The normalized spacial score (nSPS) is 10.1. The molecule has 0 saturated heterocycles. The van der Waals surface area contributed by atoms with Crippen LogP contribution in [0.1, 0.15) is 12.1 Å². The van der Waals surface area contributed by atoms with Gasteiger partial charge in [-0.05, 0) is 23.0 Å². The first-order chi connectivity index (χ1) is 7.25. The Hall–Kier alpha value is -2.34. The summed E-state index contributed by atoms with van der Waals surface area (Å²) in [7, 11) is 0. The van der Waals surface area contributed by atoms with E-state index in [1.54, 1.807) is 6.08 Å². The highest BCUT2D eigenvalue weighted by Crippen LogP contribution is 2.13. The van der Waals surface area contributed by atoms with E-state index in [0.29, 0.717) is 13.0 Å². The van der Waals surface area contributed by atoms with E-state index in [9.17, 15) is 10.1 Å². The molecule has 0 aliphatic carbocycles. The maximum atomic E-state index is 10.5. The molecule has 0 amide bonds. The van der Waals surface area contributed by atoms with Gasteiger partial charge in [0.05, 0.1) is 0 Å². The lowest BCUT2D eigenvalue weighted by Gasteiger charge is -1.90. The van der Waals surface area contributed by atoms with Gasteiger partial charge in [0.25, 0.3) is 0 Å². The number of rotatable bonds is 5. The Morgan fingerprint density at radius 3 is 3.27 bits per heavy atom. The Morgan fingerprint density at radius 2 is 2.60 bits per heavy atom. The van der Waals surface area contributed by atoms with Crippen molar-refractivity contribution >= 4 is 11.9 Å². The number of azide groups is 1. The van der Waals surface area contributed by atoms with Crippen LogP contribution in [0.2, 0.25) is 0 Å². The summed E-state index contributed by atoms with van der Waals surface area (Å²) in [4.78, 5) is 18.7. The fraction of sp³-hybridized carbons (Fsp3) is 0.286. The first-order valence-corrected chi connectivity index (χ1v) is 4.11.